The van der Waals surface area contributed by atoms with E-state index < -0.39 is 0 Å². The Kier molecular flexibility index (Phi) is 6.81. The Morgan fingerprint density at radius 3 is 2.58 bits per heavy atom. The number of carbonyl (C=O) groups is 2. The van der Waals surface area contributed by atoms with Crippen LogP contribution in [-0.4, -0.2) is 34.6 Å². The molecule has 0 bridgehead atoms. The highest BCUT2D eigenvalue weighted by atomic mass is 32.2. The number of thioether (sulfide) groups is 1. The molecule has 1 aliphatic heterocycles. The monoisotopic (exact) mass is 434 g/mol. The number of nitrogens with one attached hydrogen (secondary N) is 1. The van der Waals surface area contributed by atoms with Gasteiger partial charge in [-0.3, -0.25) is 9.59 Å². The lowest BCUT2D eigenvalue weighted by Gasteiger charge is -2.44. The maximum Gasteiger partial charge on any atom is 0.261 e. The van der Waals surface area contributed by atoms with E-state index in [1.165, 1.54) is 12.0 Å². The molecule has 4 rings (SSSR count). The van der Waals surface area contributed by atoms with Crippen molar-refractivity contribution in [2.24, 2.45) is 0 Å². The number of amides is 2. The molecule has 2 fully saturated rings. The second kappa shape index (κ2) is 9.73. The SMILES string of the molecule is Cc1ccc(/C=C2/SC3CCCCC3N(CC(=O)NC(C)c3ccccc3)C2=O)cc1. The number of hydrogen-bond donors (Lipinski definition) is 1. The number of benzene rings is 2. The van der Waals surface area contributed by atoms with Gasteiger partial charge >= 0.3 is 0 Å². The molecule has 1 heterocycles. The zero-order valence-corrected chi connectivity index (χ0v) is 19.0. The molecule has 0 aromatic heterocycles. The van der Waals surface area contributed by atoms with E-state index in [1.54, 1.807) is 11.8 Å². The van der Waals surface area contributed by atoms with E-state index in [-0.39, 0.29) is 30.4 Å². The van der Waals surface area contributed by atoms with Gasteiger partial charge in [0.1, 0.15) is 6.54 Å². The van der Waals surface area contributed by atoms with Crippen molar-refractivity contribution in [3.8, 4) is 0 Å². The van der Waals surface area contributed by atoms with Gasteiger partial charge in [-0.15, -0.1) is 11.8 Å². The molecule has 1 N–H and O–H groups in total. The number of nitrogens with zero attached hydrogens (tertiary/aromatic N) is 1. The van der Waals surface area contributed by atoms with E-state index in [2.05, 4.69) is 24.4 Å². The second-order valence-corrected chi connectivity index (χ2v) is 9.84. The third-order valence-electron chi connectivity index (χ3n) is 6.18. The Labute approximate surface area is 189 Å². The molecule has 162 valence electrons. The molecular formula is C26H30N2O2S. The standard InChI is InChI=1S/C26H30N2O2S/c1-18-12-14-20(15-13-18)16-24-26(30)28(22-10-6-7-11-23(22)31-24)17-25(29)27-19(2)21-8-4-3-5-9-21/h3-5,8-9,12-16,19,22-23H,6-7,10-11,17H2,1-2H3,(H,27,29)/b24-16+. The molecule has 2 amide bonds. The third kappa shape index (κ3) is 5.21. The topological polar surface area (TPSA) is 49.4 Å². The summed E-state index contributed by atoms with van der Waals surface area (Å²) >= 11 is 1.70. The molecule has 1 saturated heterocycles. The van der Waals surface area contributed by atoms with Crippen LogP contribution in [0.1, 0.15) is 55.3 Å². The van der Waals surface area contributed by atoms with Crippen molar-refractivity contribution in [3.63, 3.8) is 0 Å². The predicted molar refractivity (Wildman–Crippen MR) is 128 cm³/mol. The minimum atomic E-state index is -0.101. The van der Waals surface area contributed by atoms with Crippen LogP contribution in [0.2, 0.25) is 0 Å². The van der Waals surface area contributed by atoms with E-state index in [4.69, 9.17) is 0 Å². The van der Waals surface area contributed by atoms with Gasteiger partial charge in [0.05, 0.1) is 10.9 Å². The fourth-order valence-corrected chi connectivity index (χ4v) is 5.92. The van der Waals surface area contributed by atoms with Crippen LogP contribution in [0, 0.1) is 6.92 Å². The highest BCUT2D eigenvalue weighted by Gasteiger charge is 2.41. The molecule has 4 nitrogen and oxygen atoms in total. The summed E-state index contributed by atoms with van der Waals surface area (Å²) < 4.78 is 0. The van der Waals surface area contributed by atoms with Gasteiger partial charge in [-0.1, -0.05) is 73.0 Å². The fraction of sp³-hybridized carbons (Fsp3) is 0.385. The normalized spacial score (nSPS) is 23.4. The smallest absolute Gasteiger partial charge is 0.261 e. The molecule has 31 heavy (non-hydrogen) atoms. The first-order valence-corrected chi connectivity index (χ1v) is 12.0. The Morgan fingerprint density at radius 1 is 1.13 bits per heavy atom. The molecule has 2 aliphatic rings. The highest BCUT2D eigenvalue weighted by Crippen LogP contribution is 2.42. The van der Waals surface area contributed by atoms with Crippen LogP contribution in [-0.2, 0) is 9.59 Å². The van der Waals surface area contributed by atoms with Gasteiger partial charge in [0.25, 0.3) is 5.91 Å². The summed E-state index contributed by atoms with van der Waals surface area (Å²) in [7, 11) is 0. The van der Waals surface area contributed by atoms with Crippen LogP contribution in [0.15, 0.2) is 59.5 Å². The lowest BCUT2D eigenvalue weighted by Crippen LogP contribution is -2.54. The highest BCUT2D eigenvalue weighted by molar-refractivity contribution is 8.04. The van der Waals surface area contributed by atoms with Crippen LogP contribution in [0.4, 0.5) is 0 Å². The van der Waals surface area contributed by atoms with Gasteiger partial charge in [0.15, 0.2) is 0 Å². The summed E-state index contributed by atoms with van der Waals surface area (Å²) in [6, 6.07) is 18.2. The molecule has 1 saturated carbocycles. The first-order chi connectivity index (χ1) is 15.0. The van der Waals surface area contributed by atoms with Gasteiger partial charge in [0.2, 0.25) is 5.91 Å². The Balaban J connectivity index is 1.51. The van der Waals surface area contributed by atoms with E-state index in [9.17, 15) is 9.59 Å². The molecule has 2 aromatic carbocycles. The van der Waals surface area contributed by atoms with E-state index in [0.717, 1.165) is 35.3 Å². The van der Waals surface area contributed by atoms with Gasteiger partial charge in [-0.2, -0.15) is 0 Å². The van der Waals surface area contributed by atoms with Crippen LogP contribution in [0.5, 0.6) is 0 Å². The van der Waals surface area contributed by atoms with E-state index in [0.29, 0.717) is 5.25 Å². The lowest BCUT2D eigenvalue weighted by molar-refractivity contribution is -0.135. The molecule has 0 radical (unpaired) electrons. The average Bonchev–Trinajstić information content (AvgIpc) is 2.78. The molecule has 5 heteroatoms. The van der Waals surface area contributed by atoms with Gasteiger partial charge in [-0.05, 0) is 43.9 Å². The summed E-state index contributed by atoms with van der Waals surface area (Å²) in [5, 5.41) is 3.43. The van der Waals surface area contributed by atoms with Crippen molar-refractivity contribution in [2.45, 2.75) is 56.9 Å². The Hall–Kier alpha value is -2.53. The van der Waals surface area contributed by atoms with Crippen LogP contribution < -0.4 is 5.32 Å². The predicted octanol–water partition coefficient (Wildman–Crippen LogP) is 5.10. The molecule has 1 aliphatic carbocycles. The summed E-state index contributed by atoms with van der Waals surface area (Å²) in [6.07, 6.45) is 6.35. The third-order valence-corrected chi connectivity index (χ3v) is 7.58. The average molecular weight is 435 g/mol. The number of rotatable bonds is 5. The molecule has 3 atom stereocenters. The lowest BCUT2D eigenvalue weighted by atomic mass is 9.93. The largest absolute Gasteiger partial charge is 0.348 e. The first kappa shape index (κ1) is 21.7. The first-order valence-electron chi connectivity index (χ1n) is 11.1. The van der Waals surface area contributed by atoms with Crippen molar-refractivity contribution in [3.05, 3.63) is 76.2 Å². The zero-order chi connectivity index (χ0) is 21.8. The summed E-state index contributed by atoms with van der Waals surface area (Å²) in [5.41, 5.74) is 3.28. The summed E-state index contributed by atoms with van der Waals surface area (Å²) in [6.45, 7) is 4.15. The van der Waals surface area contributed by atoms with Crippen LogP contribution in [0.25, 0.3) is 6.08 Å². The maximum atomic E-state index is 13.4. The number of hydrogen-bond acceptors (Lipinski definition) is 3. The molecular weight excluding hydrogens is 404 g/mol. The van der Waals surface area contributed by atoms with E-state index in [1.807, 2.05) is 60.4 Å². The van der Waals surface area contributed by atoms with Gasteiger partial charge in [-0.25, -0.2) is 0 Å². The second-order valence-electron chi connectivity index (χ2n) is 8.56. The van der Waals surface area contributed by atoms with Crippen LogP contribution >= 0.6 is 11.8 Å². The van der Waals surface area contributed by atoms with E-state index >= 15 is 0 Å². The van der Waals surface area contributed by atoms with Crippen molar-refractivity contribution < 1.29 is 9.59 Å². The maximum absolute atomic E-state index is 13.4. The number of aryl methyl sites for hydroxylation is 1. The van der Waals surface area contributed by atoms with Gasteiger partial charge in [0, 0.05) is 11.3 Å². The molecule has 3 unspecified atom stereocenters. The van der Waals surface area contributed by atoms with Gasteiger partial charge < -0.3 is 10.2 Å². The molecule has 2 aromatic rings. The molecule has 0 spiro atoms. The Bertz CT molecular complexity index is 955. The van der Waals surface area contributed by atoms with Crippen molar-refractivity contribution >= 4 is 29.7 Å². The van der Waals surface area contributed by atoms with Crippen molar-refractivity contribution in [2.75, 3.05) is 6.54 Å². The summed E-state index contributed by atoms with van der Waals surface area (Å²) in [4.78, 5) is 28.9. The quantitative estimate of drug-likeness (QED) is 0.666. The zero-order valence-electron chi connectivity index (χ0n) is 18.2. The number of carbonyl (C=O) groups excluding carboxylic acids is 2. The van der Waals surface area contributed by atoms with Crippen molar-refractivity contribution in [1.82, 2.24) is 10.2 Å². The Morgan fingerprint density at radius 2 is 1.84 bits per heavy atom. The van der Waals surface area contributed by atoms with Crippen molar-refractivity contribution in [1.29, 1.82) is 0 Å². The minimum Gasteiger partial charge on any atom is -0.348 e. The fourth-order valence-electron chi connectivity index (χ4n) is 4.44. The minimum absolute atomic E-state index is 0.0174. The summed E-state index contributed by atoms with van der Waals surface area (Å²) in [5.74, 6) is -0.119. The van der Waals surface area contributed by atoms with Crippen LogP contribution in [0.3, 0.4) is 0 Å². The number of fused-ring (bicyclic) bond motifs is 1.